The zero-order valence-corrected chi connectivity index (χ0v) is 18.7. The fourth-order valence-corrected chi connectivity index (χ4v) is 4.32. The number of H-pyrrole nitrogens is 1. The number of fused-ring (bicyclic) bond motifs is 2. The van der Waals surface area contributed by atoms with E-state index >= 15 is 0 Å². The molecule has 5 aromatic rings. The Balaban J connectivity index is 1.35. The summed E-state index contributed by atoms with van der Waals surface area (Å²) in [6, 6.07) is 30.3. The summed E-state index contributed by atoms with van der Waals surface area (Å²) in [6.07, 6.45) is 5.43. The first-order valence-electron chi connectivity index (χ1n) is 11.4. The molecule has 0 unspecified atom stereocenters. The van der Waals surface area contributed by atoms with Crippen molar-refractivity contribution in [1.82, 2.24) is 4.98 Å². The molecule has 0 atom stereocenters. The second kappa shape index (κ2) is 9.67. The normalized spacial score (nSPS) is 11.4. The summed E-state index contributed by atoms with van der Waals surface area (Å²) in [5, 5.41) is 12.9. The fourth-order valence-electron chi connectivity index (χ4n) is 4.32. The molecule has 168 valence electrons. The second-order valence-corrected chi connectivity index (χ2v) is 8.26. The third-order valence-corrected chi connectivity index (χ3v) is 5.99. The number of hydrogen-bond acceptors (Lipinski definition) is 2. The summed E-state index contributed by atoms with van der Waals surface area (Å²) in [5.41, 5.74) is 4.05. The predicted molar refractivity (Wildman–Crippen MR) is 138 cm³/mol. The van der Waals surface area contributed by atoms with Crippen molar-refractivity contribution in [2.75, 3.05) is 6.61 Å². The molecular formula is C30H25NO3. The molecule has 5 rings (SSSR count). The molecule has 4 aromatic carbocycles. The number of benzene rings is 4. The highest BCUT2D eigenvalue weighted by atomic mass is 16.5. The van der Waals surface area contributed by atoms with E-state index in [0.29, 0.717) is 19.4 Å². The minimum atomic E-state index is -0.942. The number of aromatic carboxylic acids is 1. The topological polar surface area (TPSA) is 62.3 Å². The van der Waals surface area contributed by atoms with E-state index in [1.54, 1.807) is 0 Å². The van der Waals surface area contributed by atoms with Gasteiger partial charge in [0.1, 0.15) is 11.4 Å². The van der Waals surface area contributed by atoms with Crippen LogP contribution in [0.25, 0.3) is 33.8 Å². The van der Waals surface area contributed by atoms with Crippen LogP contribution in [0.15, 0.2) is 91.0 Å². The van der Waals surface area contributed by atoms with Crippen molar-refractivity contribution in [3.63, 3.8) is 0 Å². The molecule has 0 saturated heterocycles. The number of ether oxygens (including phenoxy) is 1. The van der Waals surface area contributed by atoms with Gasteiger partial charge >= 0.3 is 5.97 Å². The van der Waals surface area contributed by atoms with Gasteiger partial charge in [0.05, 0.1) is 6.61 Å². The van der Waals surface area contributed by atoms with Gasteiger partial charge < -0.3 is 14.8 Å². The molecule has 4 heteroatoms. The molecule has 0 radical (unpaired) electrons. The van der Waals surface area contributed by atoms with Crippen LogP contribution < -0.4 is 4.74 Å². The van der Waals surface area contributed by atoms with Crippen LogP contribution in [0, 0.1) is 0 Å². The Morgan fingerprint density at radius 1 is 0.824 bits per heavy atom. The number of aromatic amines is 1. The smallest absolute Gasteiger partial charge is 0.352 e. The lowest BCUT2D eigenvalue weighted by Gasteiger charge is -2.09. The van der Waals surface area contributed by atoms with Crippen LogP contribution in [-0.2, 0) is 6.42 Å². The zero-order chi connectivity index (χ0) is 23.3. The van der Waals surface area contributed by atoms with Gasteiger partial charge in [0.2, 0.25) is 0 Å². The van der Waals surface area contributed by atoms with E-state index in [0.717, 1.165) is 44.1 Å². The predicted octanol–water partition coefficient (Wildman–Crippen LogP) is 7.20. The molecule has 0 spiro atoms. The zero-order valence-electron chi connectivity index (χ0n) is 18.7. The molecule has 1 heterocycles. The highest BCUT2D eigenvalue weighted by Crippen LogP contribution is 2.28. The minimum absolute atomic E-state index is 0.254. The van der Waals surface area contributed by atoms with Gasteiger partial charge in [-0.15, -0.1) is 0 Å². The summed E-state index contributed by atoms with van der Waals surface area (Å²) in [5.74, 6) is -0.0913. The molecule has 0 aliphatic heterocycles. The van der Waals surface area contributed by atoms with Crippen molar-refractivity contribution in [1.29, 1.82) is 0 Å². The van der Waals surface area contributed by atoms with E-state index in [2.05, 4.69) is 53.5 Å². The molecule has 0 bridgehead atoms. The van der Waals surface area contributed by atoms with E-state index in [4.69, 9.17) is 4.74 Å². The largest absolute Gasteiger partial charge is 0.493 e. The van der Waals surface area contributed by atoms with Gasteiger partial charge in [0.15, 0.2) is 0 Å². The number of aromatic nitrogens is 1. The number of nitrogens with one attached hydrogen (secondary N) is 1. The number of carbonyl (C=O) groups is 1. The highest BCUT2D eigenvalue weighted by molar-refractivity contribution is 5.98. The van der Waals surface area contributed by atoms with Gasteiger partial charge in [0.25, 0.3) is 0 Å². The molecule has 0 fully saturated rings. The Bertz CT molecular complexity index is 1480. The second-order valence-electron chi connectivity index (χ2n) is 8.26. The lowest BCUT2D eigenvalue weighted by Crippen LogP contribution is -2.04. The Morgan fingerprint density at radius 3 is 2.44 bits per heavy atom. The van der Waals surface area contributed by atoms with Crippen LogP contribution in [0.5, 0.6) is 5.75 Å². The van der Waals surface area contributed by atoms with Crippen molar-refractivity contribution in [3.05, 3.63) is 113 Å². The minimum Gasteiger partial charge on any atom is -0.493 e. The van der Waals surface area contributed by atoms with Gasteiger partial charge in [-0.2, -0.15) is 0 Å². The van der Waals surface area contributed by atoms with Gasteiger partial charge in [-0.05, 0) is 53.1 Å². The molecule has 34 heavy (non-hydrogen) atoms. The van der Waals surface area contributed by atoms with Crippen LogP contribution in [0.1, 0.15) is 33.6 Å². The summed E-state index contributed by atoms with van der Waals surface area (Å²) < 4.78 is 6.07. The number of carboxylic acids is 1. The molecule has 4 nitrogen and oxygen atoms in total. The Hall–Kier alpha value is -4.31. The highest BCUT2D eigenvalue weighted by Gasteiger charge is 2.17. The van der Waals surface area contributed by atoms with Crippen LogP contribution in [0.3, 0.4) is 0 Å². The SMILES string of the molecule is O=C(O)c1[nH]c2ccc(/C=C/c3ccccc3)cc2c1CCCOc1cccc2ccccc12. The molecule has 2 N–H and O–H groups in total. The summed E-state index contributed by atoms with van der Waals surface area (Å²) in [7, 11) is 0. The van der Waals surface area contributed by atoms with E-state index < -0.39 is 5.97 Å². The maximum Gasteiger partial charge on any atom is 0.352 e. The van der Waals surface area contributed by atoms with Crippen molar-refractivity contribution >= 4 is 39.8 Å². The number of aryl methyl sites for hydroxylation is 1. The van der Waals surface area contributed by atoms with Gasteiger partial charge in [-0.3, -0.25) is 0 Å². The third-order valence-electron chi connectivity index (χ3n) is 5.99. The van der Waals surface area contributed by atoms with Gasteiger partial charge in [-0.1, -0.05) is 84.9 Å². The van der Waals surface area contributed by atoms with Gasteiger partial charge in [0, 0.05) is 16.3 Å². The van der Waals surface area contributed by atoms with Crippen LogP contribution in [0.4, 0.5) is 0 Å². The maximum atomic E-state index is 11.9. The summed E-state index contributed by atoms with van der Waals surface area (Å²) >= 11 is 0. The molecule has 0 saturated carbocycles. The standard InChI is InChI=1S/C30H25NO3/c32-30(33)29-25(13-7-19-34-28-14-6-11-23-10-4-5-12-24(23)28)26-20-22(17-18-27(26)31-29)16-15-21-8-2-1-3-9-21/h1-6,8-12,14-18,20,31H,7,13,19H2,(H,32,33)/b16-15+. The van der Waals surface area contributed by atoms with Gasteiger partial charge in [-0.25, -0.2) is 4.79 Å². The Labute approximate surface area is 198 Å². The summed E-state index contributed by atoms with van der Waals surface area (Å²) in [6.45, 7) is 0.507. The van der Waals surface area contributed by atoms with Crippen LogP contribution >= 0.6 is 0 Å². The van der Waals surface area contributed by atoms with Crippen molar-refractivity contribution < 1.29 is 14.6 Å². The summed E-state index contributed by atoms with van der Waals surface area (Å²) in [4.78, 5) is 15.0. The molecule has 0 aliphatic carbocycles. The van der Waals surface area contributed by atoms with E-state index in [-0.39, 0.29) is 5.69 Å². The third kappa shape index (κ3) is 4.57. The first kappa shape index (κ1) is 21.5. The van der Waals surface area contributed by atoms with E-state index in [1.165, 1.54) is 0 Å². The van der Waals surface area contributed by atoms with Crippen molar-refractivity contribution in [3.8, 4) is 5.75 Å². The number of hydrogen-bond donors (Lipinski definition) is 2. The first-order chi connectivity index (χ1) is 16.7. The lowest BCUT2D eigenvalue weighted by molar-refractivity contribution is 0.0690. The van der Waals surface area contributed by atoms with Crippen molar-refractivity contribution in [2.24, 2.45) is 0 Å². The number of carboxylic acid groups (broad SMARTS) is 1. The molecule has 0 aliphatic rings. The monoisotopic (exact) mass is 447 g/mol. The lowest BCUT2D eigenvalue weighted by atomic mass is 10.0. The van der Waals surface area contributed by atoms with E-state index in [9.17, 15) is 9.90 Å². The number of rotatable bonds is 8. The Morgan fingerprint density at radius 2 is 1.59 bits per heavy atom. The quantitative estimate of drug-likeness (QED) is 0.195. The maximum absolute atomic E-state index is 11.9. The first-order valence-corrected chi connectivity index (χ1v) is 11.4. The average molecular weight is 448 g/mol. The average Bonchev–Trinajstić information content (AvgIpc) is 3.24. The van der Waals surface area contributed by atoms with E-state index in [1.807, 2.05) is 54.6 Å². The van der Waals surface area contributed by atoms with Crippen molar-refractivity contribution in [2.45, 2.75) is 12.8 Å². The fraction of sp³-hybridized carbons (Fsp3) is 0.100. The van der Waals surface area contributed by atoms with Crippen LogP contribution in [-0.4, -0.2) is 22.7 Å². The molecular weight excluding hydrogens is 422 g/mol. The molecule has 0 amide bonds. The Kier molecular flexibility index (Phi) is 6.13. The van der Waals surface area contributed by atoms with Crippen LogP contribution in [0.2, 0.25) is 0 Å². The molecule has 1 aromatic heterocycles.